The molecular formula is C10H8Cl3N3OS. The number of hydrogen-bond donors (Lipinski definition) is 1. The first-order valence-electron chi connectivity index (χ1n) is 4.76. The van der Waals surface area contributed by atoms with Crippen LogP contribution in [0.1, 0.15) is 0 Å². The molecule has 2 rings (SSSR count). The number of rotatable bonds is 2. The maximum atomic E-state index is 5.62. The van der Waals surface area contributed by atoms with Crippen LogP contribution in [-0.4, -0.2) is 21.7 Å². The van der Waals surface area contributed by atoms with Gasteiger partial charge < -0.3 is 10.5 Å². The average molecular weight is 325 g/mol. The van der Waals surface area contributed by atoms with Gasteiger partial charge in [0.15, 0.2) is 5.84 Å². The van der Waals surface area contributed by atoms with Crippen LogP contribution >= 0.6 is 46.1 Å². The highest BCUT2D eigenvalue weighted by atomic mass is 35.6. The van der Waals surface area contributed by atoms with E-state index in [1.807, 2.05) is 18.2 Å². The minimum Gasteiger partial charge on any atom is -0.494 e. The van der Waals surface area contributed by atoms with E-state index in [0.29, 0.717) is 16.4 Å². The van der Waals surface area contributed by atoms with Gasteiger partial charge in [0.05, 0.1) is 11.8 Å². The van der Waals surface area contributed by atoms with E-state index < -0.39 is 3.79 Å². The number of amidine groups is 1. The molecule has 0 atom stereocenters. The first kappa shape index (κ1) is 13.7. The molecule has 0 saturated heterocycles. The fourth-order valence-electron chi connectivity index (χ4n) is 1.29. The van der Waals surface area contributed by atoms with Gasteiger partial charge in [0, 0.05) is 0 Å². The van der Waals surface area contributed by atoms with Crippen molar-refractivity contribution in [2.75, 3.05) is 7.11 Å². The maximum Gasteiger partial charge on any atom is 0.247 e. The van der Waals surface area contributed by atoms with Gasteiger partial charge in [-0.05, 0) is 12.1 Å². The van der Waals surface area contributed by atoms with Crippen LogP contribution in [-0.2, 0) is 0 Å². The minimum atomic E-state index is -1.73. The van der Waals surface area contributed by atoms with Gasteiger partial charge >= 0.3 is 0 Å². The predicted octanol–water partition coefficient (Wildman–Crippen LogP) is 3.66. The molecule has 0 aliphatic heterocycles. The van der Waals surface area contributed by atoms with Gasteiger partial charge in [0.1, 0.15) is 11.3 Å². The highest BCUT2D eigenvalue weighted by Gasteiger charge is 2.25. The number of hydrogen-bond acceptors (Lipinski definition) is 4. The lowest BCUT2D eigenvalue weighted by Gasteiger charge is -2.07. The van der Waals surface area contributed by atoms with Gasteiger partial charge in [-0.3, -0.25) is 0 Å². The summed E-state index contributed by atoms with van der Waals surface area (Å²) >= 11 is 18.2. The molecule has 2 aromatic rings. The molecule has 0 bridgehead atoms. The van der Waals surface area contributed by atoms with E-state index in [2.05, 4.69) is 9.98 Å². The van der Waals surface area contributed by atoms with Crippen LogP contribution in [0.4, 0.5) is 5.13 Å². The molecule has 0 unspecified atom stereocenters. The molecule has 0 amide bonds. The van der Waals surface area contributed by atoms with E-state index in [9.17, 15) is 0 Å². The first-order valence-corrected chi connectivity index (χ1v) is 6.72. The van der Waals surface area contributed by atoms with Crippen LogP contribution in [0.5, 0.6) is 5.75 Å². The summed E-state index contributed by atoms with van der Waals surface area (Å²) in [5.74, 6) is 0.545. The van der Waals surface area contributed by atoms with Gasteiger partial charge in [-0.15, -0.1) is 0 Å². The molecule has 1 heterocycles. The summed E-state index contributed by atoms with van der Waals surface area (Å²) < 4.78 is 4.39. The second-order valence-corrected chi connectivity index (χ2v) is 6.59. The second kappa shape index (κ2) is 5.09. The lowest BCUT2D eigenvalue weighted by molar-refractivity contribution is 0.419. The van der Waals surface area contributed by atoms with Crippen LogP contribution in [0.2, 0.25) is 0 Å². The summed E-state index contributed by atoms with van der Waals surface area (Å²) in [6, 6.07) is 5.58. The minimum absolute atomic E-state index is 0.120. The number of ether oxygens (including phenoxy) is 1. The number of aromatic nitrogens is 1. The van der Waals surface area contributed by atoms with Crippen LogP contribution in [0, 0.1) is 0 Å². The van der Waals surface area contributed by atoms with Gasteiger partial charge in [0.25, 0.3) is 0 Å². The van der Waals surface area contributed by atoms with E-state index in [1.54, 1.807) is 7.11 Å². The molecule has 4 nitrogen and oxygen atoms in total. The van der Waals surface area contributed by atoms with E-state index in [1.165, 1.54) is 11.3 Å². The molecule has 0 fully saturated rings. The Morgan fingerprint density at radius 1 is 1.44 bits per heavy atom. The molecule has 2 N–H and O–H groups in total. The third-order valence-corrected chi connectivity index (χ3v) is 3.59. The van der Waals surface area contributed by atoms with Gasteiger partial charge in [-0.1, -0.05) is 52.2 Å². The molecule has 1 aromatic carbocycles. The zero-order valence-corrected chi connectivity index (χ0v) is 12.2. The molecule has 96 valence electrons. The van der Waals surface area contributed by atoms with E-state index >= 15 is 0 Å². The van der Waals surface area contributed by atoms with E-state index in [4.69, 9.17) is 45.3 Å². The van der Waals surface area contributed by atoms with Crippen molar-refractivity contribution < 1.29 is 4.74 Å². The number of fused-ring (bicyclic) bond motifs is 1. The third-order valence-electron chi connectivity index (χ3n) is 2.10. The van der Waals surface area contributed by atoms with Crippen LogP contribution < -0.4 is 10.5 Å². The van der Waals surface area contributed by atoms with Gasteiger partial charge in [0.2, 0.25) is 8.92 Å². The number of nitrogens with zero attached hydrogens (tertiary/aromatic N) is 2. The number of para-hydroxylation sites is 1. The Morgan fingerprint density at radius 2 is 2.17 bits per heavy atom. The Balaban J connectivity index is 2.49. The van der Waals surface area contributed by atoms with E-state index in [-0.39, 0.29) is 5.84 Å². The fourth-order valence-corrected chi connectivity index (χ4v) is 2.28. The highest BCUT2D eigenvalue weighted by molar-refractivity contribution is 7.22. The van der Waals surface area contributed by atoms with Crippen LogP contribution in [0.3, 0.4) is 0 Å². The molecule has 0 aliphatic carbocycles. The topological polar surface area (TPSA) is 60.5 Å². The van der Waals surface area contributed by atoms with Crippen molar-refractivity contribution in [3.8, 4) is 5.75 Å². The third kappa shape index (κ3) is 2.80. The Kier molecular flexibility index (Phi) is 3.87. The zero-order valence-electron chi connectivity index (χ0n) is 9.15. The largest absolute Gasteiger partial charge is 0.494 e. The Labute approximate surface area is 122 Å². The van der Waals surface area contributed by atoms with Crippen molar-refractivity contribution in [1.29, 1.82) is 0 Å². The number of halogens is 3. The summed E-state index contributed by atoms with van der Waals surface area (Å²) in [5, 5.41) is 0.415. The van der Waals surface area contributed by atoms with Gasteiger partial charge in [-0.25, -0.2) is 9.98 Å². The molecule has 18 heavy (non-hydrogen) atoms. The molecule has 0 aliphatic rings. The highest BCUT2D eigenvalue weighted by Crippen LogP contribution is 2.35. The molecule has 1 aromatic heterocycles. The normalized spacial score (nSPS) is 13.0. The maximum absolute atomic E-state index is 5.62. The molecular weight excluding hydrogens is 317 g/mol. The number of nitrogens with two attached hydrogens (primary N) is 1. The van der Waals surface area contributed by atoms with Crippen LogP contribution in [0.15, 0.2) is 23.2 Å². The second-order valence-electron chi connectivity index (χ2n) is 3.30. The van der Waals surface area contributed by atoms with Crippen molar-refractivity contribution in [2.45, 2.75) is 3.79 Å². The van der Waals surface area contributed by atoms with Gasteiger partial charge in [-0.2, -0.15) is 0 Å². The first-order chi connectivity index (χ1) is 8.41. The van der Waals surface area contributed by atoms with Crippen LogP contribution in [0.25, 0.3) is 10.2 Å². The summed E-state index contributed by atoms with van der Waals surface area (Å²) in [5.41, 5.74) is 6.27. The lowest BCUT2D eigenvalue weighted by Crippen LogP contribution is -2.27. The van der Waals surface area contributed by atoms with E-state index in [0.717, 1.165) is 4.70 Å². The van der Waals surface area contributed by atoms with Crippen molar-refractivity contribution in [2.24, 2.45) is 10.7 Å². The summed E-state index contributed by atoms with van der Waals surface area (Å²) in [6.45, 7) is 0. The molecule has 8 heteroatoms. The average Bonchev–Trinajstić information content (AvgIpc) is 2.69. The Bertz CT molecular complexity index is 606. The Morgan fingerprint density at radius 3 is 2.78 bits per heavy atom. The zero-order chi connectivity index (χ0) is 13.3. The lowest BCUT2D eigenvalue weighted by atomic mass is 10.3. The quantitative estimate of drug-likeness (QED) is 0.521. The SMILES string of the molecule is COc1cccc2sc(/N=C(\N)C(Cl)(Cl)Cl)nc12. The number of alkyl halides is 3. The van der Waals surface area contributed by atoms with Crippen molar-refractivity contribution in [1.82, 2.24) is 4.98 Å². The smallest absolute Gasteiger partial charge is 0.247 e. The van der Waals surface area contributed by atoms with Crippen molar-refractivity contribution in [3.63, 3.8) is 0 Å². The fraction of sp³-hybridized carbons (Fsp3) is 0.200. The summed E-state index contributed by atoms with van der Waals surface area (Å²) in [7, 11) is 1.58. The number of thiazole rings is 1. The monoisotopic (exact) mass is 323 g/mol. The molecule has 0 radical (unpaired) electrons. The number of benzene rings is 1. The standard InChI is InChI=1S/C10H8Cl3N3OS/c1-17-5-3-2-4-6-7(5)15-9(18-6)16-8(14)10(11,12)13/h2-4H,1H3,(H2,14,15,16). The summed E-state index contributed by atoms with van der Waals surface area (Å²) in [4.78, 5) is 8.28. The van der Waals surface area contributed by atoms with Crippen molar-refractivity contribution in [3.05, 3.63) is 18.2 Å². The predicted molar refractivity (Wildman–Crippen MR) is 77.7 cm³/mol. The number of aliphatic imine (C=N–C) groups is 1. The summed E-state index contributed by atoms with van der Waals surface area (Å²) in [6.07, 6.45) is 0. The van der Waals surface area contributed by atoms with Crippen molar-refractivity contribution >= 4 is 67.3 Å². The Hall–Kier alpha value is -0.750. The number of methoxy groups -OCH3 is 1. The molecule has 0 saturated carbocycles. The molecule has 0 spiro atoms.